The summed E-state index contributed by atoms with van der Waals surface area (Å²) in [5.41, 5.74) is -0.237. The van der Waals surface area contributed by atoms with Crippen LogP contribution in [0, 0.1) is 0 Å². The molecule has 3 N–H and O–H groups in total. The summed E-state index contributed by atoms with van der Waals surface area (Å²) in [6.45, 7) is 3.12. The first-order chi connectivity index (χ1) is 35.6. The Balaban J connectivity index is 0.000000245. The third-order valence-electron chi connectivity index (χ3n) is 11.7. The fourth-order valence-corrected chi connectivity index (χ4v) is 10.2. The molecule has 4 aromatic carbocycles. The second kappa shape index (κ2) is 26.1. The fourth-order valence-electron chi connectivity index (χ4n) is 7.93. The van der Waals surface area contributed by atoms with Crippen molar-refractivity contribution in [2.45, 2.75) is 101 Å². The maximum atomic E-state index is 13.2. The number of aliphatic hydroxyl groups is 3. The van der Waals surface area contributed by atoms with Gasteiger partial charge in [-0.05, 0) is 106 Å². The highest BCUT2D eigenvalue weighted by Crippen LogP contribution is 2.39. The van der Waals surface area contributed by atoms with Gasteiger partial charge in [0.05, 0.1) is 48.5 Å². The molecule has 0 aliphatic carbocycles. The number of ether oxygens (including phenoxy) is 6. The van der Waals surface area contributed by atoms with Gasteiger partial charge in [0.2, 0.25) is 5.78 Å². The highest BCUT2D eigenvalue weighted by molar-refractivity contribution is 7.21. The molecule has 5 atom stereocenters. The number of halogens is 6. The molecule has 0 radical (unpaired) electrons. The van der Waals surface area contributed by atoms with Gasteiger partial charge in [-0.15, -0.1) is 22.7 Å². The number of thiophene rings is 2. The van der Waals surface area contributed by atoms with Crippen molar-refractivity contribution in [1.82, 2.24) is 0 Å². The lowest BCUT2D eigenvalue weighted by atomic mass is 10.0. The van der Waals surface area contributed by atoms with Crippen LogP contribution in [-0.4, -0.2) is 90.7 Å². The number of carbonyl (C=O) groups is 3. The predicted molar refractivity (Wildman–Crippen MR) is 272 cm³/mol. The highest BCUT2D eigenvalue weighted by Gasteiger charge is 2.40. The minimum atomic E-state index is -4.45. The van der Waals surface area contributed by atoms with E-state index in [1.165, 1.54) is 67.2 Å². The van der Waals surface area contributed by atoms with E-state index in [-0.39, 0.29) is 61.8 Å². The number of Topliss-reactive ketones (excluding diaryl/α,β-unsaturated/α-hetero) is 1. The SMILES string of the molecule is COC(=O)CCC[C@@H]1OC(C)(C)O[C@@H]1/C=C/c1c(C(=O)COc2ccc(C(F)(F)F)cc2)sc2ccccc12.COC(=O)CCC[C@H](O)[C@H](O)/C=C/c1c([C@H](O)COc2ccc(C(F)(F)F)cc2)sc2ccccc12. The van der Waals surface area contributed by atoms with Crippen molar-refractivity contribution in [2.24, 2.45) is 0 Å². The number of rotatable bonds is 21. The number of hydrogen-bond donors (Lipinski definition) is 3. The van der Waals surface area contributed by atoms with Gasteiger partial charge in [-0.25, -0.2) is 0 Å². The smallest absolute Gasteiger partial charge is 0.416 e. The van der Waals surface area contributed by atoms with Crippen molar-refractivity contribution in [2.75, 3.05) is 27.4 Å². The minimum absolute atomic E-state index is 0.133. The molecule has 2 aromatic heterocycles. The van der Waals surface area contributed by atoms with E-state index >= 15 is 0 Å². The van der Waals surface area contributed by atoms with E-state index in [9.17, 15) is 56.0 Å². The summed E-state index contributed by atoms with van der Waals surface area (Å²) in [5.74, 6) is -1.43. The molecular formula is C55H56F6O12S2. The van der Waals surface area contributed by atoms with Crippen molar-refractivity contribution < 1.29 is 84.5 Å². The van der Waals surface area contributed by atoms with Crippen LogP contribution in [0.1, 0.15) is 95.3 Å². The van der Waals surface area contributed by atoms with E-state index in [2.05, 4.69) is 4.74 Å². The molecule has 12 nitrogen and oxygen atoms in total. The van der Waals surface area contributed by atoms with Crippen LogP contribution >= 0.6 is 22.7 Å². The number of methoxy groups -OCH3 is 2. The molecule has 0 bridgehead atoms. The Morgan fingerprint density at radius 2 is 1.23 bits per heavy atom. The highest BCUT2D eigenvalue weighted by atomic mass is 32.1. The molecule has 1 saturated heterocycles. The Bertz CT molecular complexity index is 2910. The van der Waals surface area contributed by atoms with E-state index in [0.717, 1.165) is 44.4 Å². The lowest BCUT2D eigenvalue weighted by molar-refractivity contribution is -0.144. The number of alkyl halides is 6. The number of aliphatic hydroxyl groups excluding tert-OH is 3. The zero-order valence-electron chi connectivity index (χ0n) is 41.2. The summed E-state index contributed by atoms with van der Waals surface area (Å²) in [7, 11) is 2.63. The number of benzene rings is 4. The van der Waals surface area contributed by atoms with Crippen LogP contribution in [0.4, 0.5) is 26.3 Å². The first kappa shape index (κ1) is 58.1. The Labute approximate surface area is 436 Å². The van der Waals surface area contributed by atoms with Crippen molar-refractivity contribution >= 4 is 72.7 Å². The Kier molecular flexibility index (Phi) is 20.2. The standard InChI is InChI=1S/C29H29F3O6S.C26H27F3O6S/c1-28(2)37-23(8-6-10-26(34)35-3)24(38-28)16-15-21-20-7-4-5-9-25(20)39-27(21)22(33)17-36-19-13-11-18(12-14-19)29(30,31)32;1-34-24(33)8-4-6-20(30)21(31)14-13-19-18-5-2-3-7-23(18)36-25(19)22(32)15-35-17-11-9-16(10-12-17)26(27,28)29/h4-5,7,9,11-16,23-24H,6,8,10,17H2,1-3H3;2-3,5,7,9-14,20-22,30-32H,4,6,8,15H2,1H3/b16-15+;14-13+/t23-,24+;20-,21+,22+/m00/s1. The Hall–Kier alpha value is -6.13. The van der Waals surface area contributed by atoms with Crippen molar-refractivity contribution in [3.8, 4) is 11.5 Å². The van der Waals surface area contributed by atoms with E-state index in [0.29, 0.717) is 40.1 Å². The number of fused-ring (bicyclic) bond motifs is 2. The average Bonchev–Trinajstić information content (AvgIpc) is 4.05. The Morgan fingerprint density at radius 1 is 0.693 bits per heavy atom. The van der Waals surface area contributed by atoms with Gasteiger partial charge in [-0.1, -0.05) is 60.7 Å². The van der Waals surface area contributed by atoms with E-state index < -0.39 is 59.7 Å². The summed E-state index contributed by atoms with van der Waals surface area (Å²) in [4.78, 5) is 36.9. The van der Waals surface area contributed by atoms with Crippen molar-refractivity contribution in [3.63, 3.8) is 0 Å². The monoisotopic (exact) mass is 1090 g/mol. The summed E-state index contributed by atoms with van der Waals surface area (Å²) in [6, 6.07) is 23.4. The van der Waals surface area contributed by atoms with Crippen LogP contribution in [0.25, 0.3) is 32.3 Å². The first-order valence-electron chi connectivity index (χ1n) is 23.6. The zero-order chi connectivity index (χ0) is 54.5. The molecule has 1 aliphatic rings. The van der Waals surface area contributed by atoms with Crippen molar-refractivity contribution in [1.29, 1.82) is 0 Å². The molecule has 1 fully saturated rings. The van der Waals surface area contributed by atoms with Gasteiger partial charge in [0.15, 0.2) is 12.4 Å². The van der Waals surface area contributed by atoms with Gasteiger partial charge < -0.3 is 43.7 Å². The molecule has 0 spiro atoms. The topological polar surface area (TPSA) is 167 Å². The van der Waals surface area contributed by atoms with E-state index in [1.54, 1.807) is 6.08 Å². The van der Waals surface area contributed by atoms with Gasteiger partial charge in [0.1, 0.15) is 30.3 Å². The largest absolute Gasteiger partial charge is 0.490 e. The molecule has 0 amide bonds. The number of hydrogen-bond acceptors (Lipinski definition) is 14. The van der Waals surface area contributed by atoms with Crippen molar-refractivity contribution in [3.05, 3.63) is 141 Å². The van der Waals surface area contributed by atoms with Crippen LogP contribution in [0.15, 0.2) is 109 Å². The van der Waals surface area contributed by atoms with Crippen LogP contribution in [0.3, 0.4) is 0 Å². The van der Waals surface area contributed by atoms with Gasteiger partial charge in [-0.3, -0.25) is 14.4 Å². The second-order valence-corrected chi connectivity index (χ2v) is 19.8. The van der Waals surface area contributed by atoms with E-state index in [1.807, 2.05) is 74.5 Å². The third kappa shape index (κ3) is 16.4. The maximum absolute atomic E-state index is 13.2. The quantitative estimate of drug-likeness (QED) is 0.0355. The third-order valence-corrected chi connectivity index (χ3v) is 14.2. The molecule has 75 heavy (non-hydrogen) atoms. The van der Waals surface area contributed by atoms with Gasteiger partial charge in [0, 0.05) is 43.5 Å². The van der Waals surface area contributed by atoms with Crippen LogP contribution in [0.2, 0.25) is 0 Å². The molecule has 402 valence electrons. The van der Waals surface area contributed by atoms with Gasteiger partial charge in [0.25, 0.3) is 0 Å². The molecule has 3 heterocycles. The summed E-state index contributed by atoms with van der Waals surface area (Å²) in [6.07, 6.45) is -4.10. The molecule has 0 saturated carbocycles. The lowest BCUT2D eigenvalue weighted by Crippen LogP contribution is -2.23. The molecule has 20 heteroatoms. The van der Waals surface area contributed by atoms with Crippen LogP contribution in [0.5, 0.6) is 11.5 Å². The molecule has 6 aromatic rings. The second-order valence-electron chi connectivity index (χ2n) is 17.7. The molecular weight excluding hydrogens is 1030 g/mol. The summed E-state index contributed by atoms with van der Waals surface area (Å²) in [5, 5.41) is 33.1. The van der Waals surface area contributed by atoms with Crippen LogP contribution in [-0.2, 0) is 40.9 Å². The predicted octanol–water partition coefficient (Wildman–Crippen LogP) is 12.2. The molecule has 1 aliphatic heterocycles. The zero-order valence-corrected chi connectivity index (χ0v) is 42.8. The number of esters is 2. The molecule has 7 rings (SSSR count). The van der Waals surface area contributed by atoms with E-state index in [4.69, 9.17) is 23.7 Å². The molecule has 0 unspecified atom stereocenters. The minimum Gasteiger partial charge on any atom is -0.490 e. The normalized spacial score (nSPS) is 16.9. The summed E-state index contributed by atoms with van der Waals surface area (Å²) >= 11 is 2.65. The van der Waals surface area contributed by atoms with Gasteiger partial charge in [-0.2, -0.15) is 26.3 Å². The lowest BCUT2D eigenvalue weighted by Gasteiger charge is -2.16. The average molecular weight is 1090 g/mol. The fraction of sp³-hybridized carbons (Fsp3) is 0.364. The maximum Gasteiger partial charge on any atom is 0.416 e. The Morgan fingerprint density at radius 3 is 1.80 bits per heavy atom. The van der Waals surface area contributed by atoms with Crippen LogP contribution < -0.4 is 9.47 Å². The number of ketones is 1. The van der Waals surface area contributed by atoms with Gasteiger partial charge >= 0.3 is 24.3 Å². The summed E-state index contributed by atoms with van der Waals surface area (Å²) < 4.78 is 111. The first-order valence-corrected chi connectivity index (χ1v) is 25.3. The number of carbonyl (C=O) groups excluding carboxylic acids is 3.